The molecule has 0 aliphatic carbocycles. The monoisotopic (exact) mass is 169 g/mol. The molecule has 0 spiro atoms. The van der Waals surface area contributed by atoms with Gasteiger partial charge >= 0.3 is 0 Å². The molecular formula is C11H23N. The molecule has 0 aromatic carbocycles. The molecule has 2 atom stereocenters. The van der Waals surface area contributed by atoms with Gasteiger partial charge in [0.25, 0.3) is 0 Å². The van der Waals surface area contributed by atoms with Crippen LogP contribution in [0.1, 0.15) is 58.8 Å². The second-order valence-corrected chi connectivity index (χ2v) is 4.07. The molecule has 0 saturated carbocycles. The molecule has 12 heavy (non-hydrogen) atoms. The molecule has 1 fully saturated rings. The highest BCUT2D eigenvalue weighted by molar-refractivity contribution is 4.79. The van der Waals surface area contributed by atoms with E-state index in [1.54, 1.807) is 0 Å². The Morgan fingerprint density at radius 2 is 1.50 bits per heavy atom. The molecule has 1 aliphatic rings. The minimum absolute atomic E-state index is 0.834. The number of piperidine rings is 1. The normalized spacial score (nSPS) is 30.5. The summed E-state index contributed by atoms with van der Waals surface area (Å²) in [5, 5.41) is 3.76. The first-order valence-electron chi connectivity index (χ1n) is 5.62. The SMILES string of the molecule is CCC[C@@H]1CCC[C@@H](CCC)N1. The van der Waals surface area contributed by atoms with Gasteiger partial charge in [-0.1, -0.05) is 33.1 Å². The summed E-state index contributed by atoms with van der Waals surface area (Å²) >= 11 is 0. The summed E-state index contributed by atoms with van der Waals surface area (Å²) in [5.74, 6) is 0. The van der Waals surface area contributed by atoms with E-state index in [9.17, 15) is 0 Å². The maximum absolute atomic E-state index is 3.76. The van der Waals surface area contributed by atoms with Crippen LogP contribution in [0.4, 0.5) is 0 Å². The van der Waals surface area contributed by atoms with Crippen LogP contribution in [0.3, 0.4) is 0 Å². The minimum Gasteiger partial charge on any atom is -0.311 e. The Labute approximate surface area is 76.9 Å². The highest BCUT2D eigenvalue weighted by Crippen LogP contribution is 2.18. The van der Waals surface area contributed by atoms with Crippen molar-refractivity contribution in [1.82, 2.24) is 5.32 Å². The van der Waals surface area contributed by atoms with Crippen LogP contribution in [-0.4, -0.2) is 12.1 Å². The van der Waals surface area contributed by atoms with Gasteiger partial charge < -0.3 is 5.32 Å². The van der Waals surface area contributed by atoms with Crippen molar-refractivity contribution < 1.29 is 0 Å². The number of nitrogens with one attached hydrogen (secondary N) is 1. The standard InChI is InChI=1S/C11H23N/c1-3-6-10-8-5-9-11(12-10)7-4-2/h10-12H,3-9H2,1-2H3/t10-,11-/m1/s1. The number of hydrogen-bond donors (Lipinski definition) is 1. The molecule has 0 radical (unpaired) electrons. The van der Waals surface area contributed by atoms with E-state index >= 15 is 0 Å². The van der Waals surface area contributed by atoms with E-state index in [0.29, 0.717) is 0 Å². The van der Waals surface area contributed by atoms with Crippen molar-refractivity contribution in [3.8, 4) is 0 Å². The van der Waals surface area contributed by atoms with Crippen molar-refractivity contribution >= 4 is 0 Å². The van der Waals surface area contributed by atoms with Gasteiger partial charge in [0.05, 0.1) is 0 Å². The third kappa shape index (κ3) is 3.14. The largest absolute Gasteiger partial charge is 0.311 e. The van der Waals surface area contributed by atoms with Crippen molar-refractivity contribution in [2.45, 2.75) is 70.9 Å². The lowest BCUT2D eigenvalue weighted by molar-refractivity contribution is 0.294. The van der Waals surface area contributed by atoms with Gasteiger partial charge in [-0.3, -0.25) is 0 Å². The molecule has 1 rings (SSSR count). The van der Waals surface area contributed by atoms with Crippen LogP contribution in [0.15, 0.2) is 0 Å². The predicted molar refractivity (Wildman–Crippen MR) is 54.4 cm³/mol. The van der Waals surface area contributed by atoms with Gasteiger partial charge in [0, 0.05) is 12.1 Å². The van der Waals surface area contributed by atoms with Crippen molar-refractivity contribution in [3.05, 3.63) is 0 Å². The first-order valence-corrected chi connectivity index (χ1v) is 5.62. The summed E-state index contributed by atoms with van der Waals surface area (Å²) in [6.45, 7) is 4.57. The molecule has 1 N–H and O–H groups in total. The topological polar surface area (TPSA) is 12.0 Å². The van der Waals surface area contributed by atoms with Gasteiger partial charge in [0.15, 0.2) is 0 Å². The summed E-state index contributed by atoms with van der Waals surface area (Å²) in [5.41, 5.74) is 0. The first-order chi connectivity index (χ1) is 5.86. The lowest BCUT2D eigenvalue weighted by atomic mass is 9.93. The van der Waals surface area contributed by atoms with Crippen LogP contribution in [0.5, 0.6) is 0 Å². The average Bonchev–Trinajstić information content (AvgIpc) is 2.06. The van der Waals surface area contributed by atoms with Gasteiger partial charge in [-0.25, -0.2) is 0 Å². The molecule has 1 nitrogen and oxygen atoms in total. The summed E-state index contributed by atoms with van der Waals surface area (Å²) in [4.78, 5) is 0. The van der Waals surface area contributed by atoms with Crippen LogP contribution < -0.4 is 5.32 Å². The Morgan fingerprint density at radius 3 is 1.92 bits per heavy atom. The zero-order valence-corrected chi connectivity index (χ0v) is 8.60. The lowest BCUT2D eigenvalue weighted by Gasteiger charge is -2.30. The summed E-state index contributed by atoms with van der Waals surface area (Å²) in [6.07, 6.45) is 9.68. The van der Waals surface area contributed by atoms with Gasteiger partial charge in [0.2, 0.25) is 0 Å². The fourth-order valence-electron chi connectivity index (χ4n) is 2.26. The molecule has 1 heterocycles. The van der Waals surface area contributed by atoms with E-state index in [-0.39, 0.29) is 0 Å². The highest BCUT2D eigenvalue weighted by Gasteiger charge is 2.18. The molecule has 0 aromatic heterocycles. The highest BCUT2D eigenvalue weighted by atomic mass is 15.0. The Morgan fingerprint density at radius 1 is 1.00 bits per heavy atom. The van der Waals surface area contributed by atoms with Gasteiger partial charge in [0.1, 0.15) is 0 Å². The van der Waals surface area contributed by atoms with Crippen molar-refractivity contribution in [2.75, 3.05) is 0 Å². The van der Waals surface area contributed by atoms with Crippen LogP contribution >= 0.6 is 0 Å². The Balaban J connectivity index is 2.20. The quantitative estimate of drug-likeness (QED) is 0.682. The molecule has 0 amide bonds. The molecule has 1 heteroatoms. The van der Waals surface area contributed by atoms with E-state index in [1.165, 1.54) is 44.9 Å². The van der Waals surface area contributed by atoms with Crippen molar-refractivity contribution in [2.24, 2.45) is 0 Å². The van der Waals surface area contributed by atoms with E-state index in [0.717, 1.165) is 12.1 Å². The first kappa shape index (κ1) is 10.0. The Kier molecular flexibility index (Phi) is 4.67. The minimum atomic E-state index is 0.834. The molecule has 0 bridgehead atoms. The zero-order chi connectivity index (χ0) is 8.81. The Hall–Kier alpha value is -0.0400. The van der Waals surface area contributed by atoms with Crippen molar-refractivity contribution in [3.63, 3.8) is 0 Å². The van der Waals surface area contributed by atoms with E-state index < -0.39 is 0 Å². The summed E-state index contributed by atoms with van der Waals surface area (Å²) < 4.78 is 0. The maximum Gasteiger partial charge on any atom is 0.00695 e. The molecular weight excluding hydrogens is 146 g/mol. The van der Waals surface area contributed by atoms with Crippen LogP contribution in [-0.2, 0) is 0 Å². The number of hydrogen-bond acceptors (Lipinski definition) is 1. The van der Waals surface area contributed by atoms with Crippen LogP contribution in [0.2, 0.25) is 0 Å². The summed E-state index contributed by atoms with van der Waals surface area (Å²) in [6, 6.07) is 1.67. The fraction of sp³-hybridized carbons (Fsp3) is 1.00. The molecule has 0 aromatic rings. The maximum atomic E-state index is 3.76. The Bertz CT molecular complexity index is 95.6. The average molecular weight is 169 g/mol. The van der Waals surface area contributed by atoms with Gasteiger partial charge in [-0.05, 0) is 25.7 Å². The molecule has 1 saturated heterocycles. The number of rotatable bonds is 4. The van der Waals surface area contributed by atoms with Crippen LogP contribution in [0, 0.1) is 0 Å². The third-order valence-corrected chi connectivity index (χ3v) is 2.85. The second-order valence-electron chi connectivity index (χ2n) is 4.07. The zero-order valence-electron chi connectivity index (χ0n) is 8.60. The molecule has 72 valence electrons. The van der Waals surface area contributed by atoms with Crippen LogP contribution in [0.25, 0.3) is 0 Å². The molecule has 1 aliphatic heterocycles. The second kappa shape index (κ2) is 5.58. The fourth-order valence-corrected chi connectivity index (χ4v) is 2.26. The third-order valence-electron chi connectivity index (χ3n) is 2.85. The molecule has 0 unspecified atom stereocenters. The van der Waals surface area contributed by atoms with E-state index in [1.807, 2.05) is 0 Å². The van der Waals surface area contributed by atoms with E-state index in [2.05, 4.69) is 19.2 Å². The van der Waals surface area contributed by atoms with Crippen molar-refractivity contribution in [1.29, 1.82) is 0 Å². The smallest absolute Gasteiger partial charge is 0.00695 e. The van der Waals surface area contributed by atoms with E-state index in [4.69, 9.17) is 0 Å². The lowest BCUT2D eigenvalue weighted by Crippen LogP contribution is -2.41. The summed E-state index contributed by atoms with van der Waals surface area (Å²) in [7, 11) is 0. The van der Waals surface area contributed by atoms with Gasteiger partial charge in [-0.15, -0.1) is 0 Å². The predicted octanol–water partition coefficient (Wildman–Crippen LogP) is 3.10. The van der Waals surface area contributed by atoms with Gasteiger partial charge in [-0.2, -0.15) is 0 Å².